The molecule has 0 atom stereocenters. The summed E-state index contributed by atoms with van der Waals surface area (Å²) in [6.07, 6.45) is 7.36. The summed E-state index contributed by atoms with van der Waals surface area (Å²) in [5, 5.41) is 2.73. The first-order valence-electron chi connectivity index (χ1n) is 6.87. The number of hydrogen-bond donors (Lipinski definition) is 2. The third-order valence-electron chi connectivity index (χ3n) is 2.79. The number of H-pyrrole nitrogens is 1. The second-order valence-electron chi connectivity index (χ2n) is 5.76. The number of imidazole rings is 2. The highest BCUT2D eigenvalue weighted by atomic mass is 16.6. The fraction of sp³-hybridized carbons (Fsp3) is 0.500. The molecule has 0 unspecified atom stereocenters. The van der Waals surface area contributed by atoms with E-state index in [4.69, 9.17) is 4.74 Å². The van der Waals surface area contributed by atoms with E-state index in [0.717, 1.165) is 24.4 Å². The van der Waals surface area contributed by atoms with Crippen LogP contribution < -0.4 is 5.32 Å². The summed E-state index contributed by atoms with van der Waals surface area (Å²) in [5.74, 6) is 0. The maximum atomic E-state index is 11.6. The molecule has 0 aliphatic heterocycles. The number of aromatic nitrogens is 4. The molecule has 0 aliphatic carbocycles. The molecular formula is C14H21N5O2. The minimum atomic E-state index is -0.495. The summed E-state index contributed by atoms with van der Waals surface area (Å²) in [5.41, 5.74) is 1.50. The molecule has 1 amide bonds. The van der Waals surface area contributed by atoms with Gasteiger partial charge in [0.25, 0.3) is 0 Å². The van der Waals surface area contributed by atoms with Crippen LogP contribution in [0.1, 0.15) is 32.2 Å². The zero-order valence-corrected chi connectivity index (χ0v) is 12.6. The number of hydrogen-bond acceptors (Lipinski definition) is 4. The first-order valence-corrected chi connectivity index (χ1v) is 6.87. The van der Waals surface area contributed by atoms with E-state index >= 15 is 0 Å². The largest absolute Gasteiger partial charge is 0.444 e. The zero-order chi connectivity index (χ0) is 15.3. The van der Waals surface area contributed by atoms with Gasteiger partial charge in [-0.3, -0.25) is 0 Å². The van der Waals surface area contributed by atoms with E-state index in [9.17, 15) is 4.79 Å². The smallest absolute Gasteiger partial charge is 0.407 e. The molecule has 0 bridgehead atoms. The van der Waals surface area contributed by atoms with Crippen molar-refractivity contribution in [3.63, 3.8) is 0 Å². The van der Waals surface area contributed by atoms with Crippen molar-refractivity contribution in [2.45, 2.75) is 45.9 Å². The van der Waals surface area contributed by atoms with Gasteiger partial charge in [-0.2, -0.15) is 0 Å². The Labute approximate surface area is 123 Å². The van der Waals surface area contributed by atoms with Gasteiger partial charge in [-0.25, -0.2) is 14.8 Å². The van der Waals surface area contributed by atoms with Crippen LogP contribution in [-0.2, 0) is 24.2 Å². The molecule has 114 valence electrons. The lowest BCUT2D eigenvalue weighted by atomic mass is 10.2. The van der Waals surface area contributed by atoms with Gasteiger partial charge < -0.3 is 19.6 Å². The number of carbonyl (C=O) groups is 1. The fourth-order valence-corrected chi connectivity index (χ4v) is 1.84. The number of amides is 1. The molecule has 21 heavy (non-hydrogen) atoms. The van der Waals surface area contributed by atoms with Crippen molar-refractivity contribution >= 4 is 6.09 Å². The molecule has 0 aliphatic rings. The Bertz CT molecular complexity index is 568. The van der Waals surface area contributed by atoms with Gasteiger partial charge in [-0.1, -0.05) is 0 Å². The van der Waals surface area contributed by atoms with Crippen molar-refractivity contribution in [3.05, 3.63) is 36.4 Å². The number of aryl methyl sites for hydroxylation is 2. The Morgan fingerprint density at radius 1 is 1.38 bits per heavy atom. The summed E-state index contributed by atoms with van der Waals surface area (Å²) < 4.78 is 7.20. The van der Waals surface area contributed by atoms with Crippen molar-refractivity contribution in [2.75, 3.05) is 0 Å². The predicted molar refractivity (Wildman–Crippen MR) is 77.6 cm³/mol. The van der Waals surface area contributed by atoms with Crippen LogP contribution in [0.2, 0.25) is 0 Å². The van der Waals surface area contributed by atoms with Crippen LogP contribution in [-0.4, -0.2) is 31.2 Å². The Morgan fingerprint density at radius 3 is 2.86 bits per heavy atom. The standard InChI is InChI=1S/C14H21N5O2/c1-14(2,3)21-13(20)17-8-12-7-16-10-19(12)5-4-11-6-15-9-18-11/h6-7,9-10H,4-5,8H2,1-3H3,(H,15,18)(H,17,20). The molecule has 2 heterocycles. The summed E-state index contributed by atoms with van der Waals surface area (Å²) in [4.78, 5) is 22.8. The Hall–Kier alpha value is -2.31. The highest BCUT2D eigenvalue weighted by Gasteiger charge is 2.16. The van der Waals surface area contributed by atoms with Crippen LogP contribution in [0, 0.1) is 0 Å². The van der Waals surface area contributed by atoms with E-state index in [1.54, 1.807) is 25.0 Å². The van der Waals surface area contributed by atoms with E-state index in [-0.39, 0.29) is 0 Å². The van der Waals surface area contributed by atoms with Gasteiger partial charge in [0.2, 0.25) is 0 Å². The van der Waals surface area contributed by atoms with Crippen molar-refractivity contribution < 1.29 is 9.53 Å². The molecule has 0 saturated carbocycles. The van der Waals surface area contributed by atoms with E-state index in [2.05, 4.69) is 20.3 Å². The number of nitrogens with zero attached hydrogens (tertiary/aromatic N) is 3. The fourth-order valence-electron chi connectivity index (χ4n) is 1.84. The third kappa shape index (κ3) is 4.94. The lowest BCUT2D eigenvalue weighted by Crippen LogP contribution is -2.32. The molecule has 2 aromatic rings. The maximum absolute atomic E-state index is 11.6. The topological polar surface area (TPSA) is 84.8 Å². The maximum Gasteiger partial charge on any atom is 0.407 e. The van der Waals surface area contributed by atoms with Crippen molar-refractivity contribution in [2.24, 2.45) is 0 Å². The van der Waals surface area contributed by atoms with Gasteiger partial charge in [-0.05, 0) is 20.8 Å². The lowest BCUT2D eigenvalue weighted by molar-refractivity contribution is 0.0522. The van der Waals surface area contributed by atoms with Gasteiger partial charge in [0.1, 0.15) is 5.60 Å². The van der Waals surface area contributed by atoms with Crippen LogP contribution in [0.15, 0.2) is 25.0 Å². The summed E-state index contributed by atoms with van der Waals surface area (Å²) in [7, 11) is 0. The molecule has 0 fully saturated rings. The van der Waals surface area contributed by atoms with Gasteiger partial charge in [0, 0.05) is 31.1 Å². The van der Waals surface area contributed by atoms with Gasteiger partial charge >= 0.3 is 6.09 Å². The molecule has 7 nitrogen and oxygen atoms in total. The van der Waals surface area contributed by atoms with Crippen molar-refractivity contribution in [1.29, 1.82) is 0 Å². The van der Waals surface area contributed by atoms with Crippen LogP contribution >= 0.6 is 0 Å². The van der Waals surface area contributed by atoms with Crippen molar-refractivity contribution in [1.82, 2.24) is 24.8 Å². The lowest BCUT2D eigenvalue weighted by Gasteiger charge is -2.19. The number of rotatable bonds is 5. The number of aromatic amines is 1. The molecule has 2 N–H and O–H groups in total. The molecule has 0 radical (unpaired) electrons. The molecular weight excluding hydrogens is 270 g/mol. The predicted octanol–water partition coefficient (Wildman–Crippen LogP) is 1.87. The first kappa shape index (κ1) is 15.1. The minimum absolute atomic E-state index is 0.387. The quantitative estimate of drug-likeness (QED) is 0.880. The third-order valence-corrected chi connectivity index (χ3v) is 2.79. The average Bonchev–Trinajstić information content (AvgIpc) is 3.03. The van der Waals surface area contributed by atoms with Crippen LogP contribution in [0.3, 0.4) is 0 Å². The normalized spacial score (nSPS) is 11.4. The van der Waals surface area contributed by atoms with E-state index in [1.165, 1.54) is 0 Å². The highest BCUT2D eigenvalue weighted by molar-refractivity contribution is 5.67. The summed E-state index contributed by atoms with van der Waals surface area (Å²) >= 11 is 0. The molecule has 0 saturated heterocycles. The Balaban J connectivity index is 1.84. The summed E-state index contributed by atoms with van der Waals surface area (Å²) in [6.45, 7) is 6.66. The molecule has 0 aromatic carbocycles. The van der Waals surface area contributed by atoms with Crippen LogP contribution in [0.25, 0.3) is 0 Å². The Kier molecular flexibility index (Phi) is 4.62. The van der Waals surface area contributed by atoms with Crippen molar-refractivity contribution in [3.8, 4) is 0 Å². The SMILES string of the molecule is CC(C)(C)OC(=O)NCc1cncn1CCc1cnc[nH]1. The summed E-state index contributed by atoms with van der Waals surface area (Å²) in [6, 6.07) is 0. The molecule has 2 aromatic heterocycles. The van der Waals surface area contributed by atoms with Crippen LogP contribution in [0.4, 0.5) is 4.79 Å². The second-order valence-corrected chi connectivity index (χ2v) is 5.76. The molecule has 7 heteroatoms. The zero-order valence-electron chi connectivity index (χ0n) is 12.6. The Morgan fingerprint density at radius 2 is 2.19 bits per heavy atom. The number of nitrogens with one attached hydrogen (secondary N) is 2. The first-order chi connectivity index (χ1) is 9.94. The number of ether oxygens (including phenoxy) is 1. The van der Waals surface area contributed by atoms with E-state index in [0.29, 0.717) is 6.54 Å². The van der Waals surface area contributed by atoms with Crippen LogP contribution in [0.5, 0.6) is 0 Å². The molecule has 0 spiro atoms. The van der Waals surface area contributed by atoms with E-state index in [1.807, 2.05) is 25.3 Å². The number of alkyl carbamates (subject to hydrolysis) is 1. The van der Waals surface area contributed by atoms with Gasteiger partial charge in [0.15, 0.2) is 0 Å². The highest BCUT2D eigenvalue weighted by Crippen LogP contribution is 2.07. The number of carbonyl (C=O) groups excluding carboxylic acids is 1. The second kappa shape index (κ2) is 6.43. The molecule has 2 rings (SSSR count). The van der Waals surface area contributed by atoms with Gasteiger partial charge in [0.05, 0.1) is 24.9 Å². The van der Waals surface area contributed by atoms with Gasteiger partial charge in [-0.15, -0.1) is 0 Å². The monoisotopic (exact) mass is 291 g/mol. The average molecular weight is 291 g/mol. The minimum Gasteiger partial charge on any atom is -0.444 e. The van der Waals surface area contributed by atoms with E-state index < -0.39 is 11.7 Å².